The number of likely N-dealkylation sites (N-methyl/N-ethyl adjacent to an activating group) is 1. The van der Waals surface area contributed by atoms with Crippen LogP contribution in [-0.2, 0) is 4.79 Å². The number of nitriles is 1. The summed E-state index contributed by atoms with van der Waals surface area (Å²) in [5.41, 5.74) is 2.10. The van der Waals surface area contributed by atoms with Crippen molar-refractivity contribution in [2.75, 3.05) is 7.05 Å². The summed E-state index contributed by atoms with van der Waals surface area (Å²) in [7, 11) is 1.50. The third kappa shape index (κ3) is 2.96. The van der Waals surface area contributed by atoms with Crippen molar-refractivity contribution in [3.8, 4) is 6.07 Å². The lowest BCUT2D eigenvalue weighted by Gasteiger charge is -1.98. The zero-order chi connectivity index (χ0) is 11.3. The van der Waals surface area contributed by atoms with Gasteiger partial charge in [-0.25, -0.2) is 0 Å². The number of amides is 1. The van der Waals surface area contributed by atoms with Gasteiger partial charge in [0.05, 0.1) is 0 Å². The molecule has 1 amide bonds. The van der Waals surface area contributed by atoms with Gasteiger partial charge in [0, 0.05) is 7.05 Å². The molecule has 0 aliphatic rings. The fraction of sp³-hybridized carbons (Fsp3) is 0.167. The maximum absolute atomic E-state index is 11.2. The summed E-state index contributed by atoms with van der Waals surface area (Å²) in [6, 6.07) is 9.48. The number of carbonyl (C=O) groups excluding carboxylic acids is 1. The first-order chi connectivity index (χ1) is 7.17. The second kappa shape index (κ2) is 4.97. The van der Waals surface area contributed by atoms with Crippen LogP contribution in [0.2, 0.25) is 0 Å². The molecule has 1 N–H and O–H groups in total. The van der Waals surface area contributed by atoms with Crippen LogP contribution in [0.25, 0.3) is 6.08 Å². The standard InChI is InChI=1S/C12H12N2O/c1-9-3-5-10(6-4-9)7-11(8-13)12(15)14-2/h3-7H,1-2H3,(H,14,15)/b11-7+. The van der Waals surface area contributed by atoms with Gasteiger partial charge < -0.3 is 5.32 Å². The number of nitrogens with zero attached hydrogens (tertiary/aromatic N) is 1. The van der Waals surface area contributed by atoms with E-state index in [4.69, 9.17) is 5.26 Å². The molecule has 0 aromatic heterocycles. The summed E-state index contributed by atoms with van der Waals surface area (Å²) in [4.78, 5) is 11.2. The smallest absolute Gasteiger partial charge is 0.261 e. The molecule has 0 saturated carbocycles. The SMILES string of the molecule is CNC(=O)/C(C#N)=C/c1ccc(C)cc1. The van der Waals surface area contributed by atoms with E-state index >= 15 is 0 Å². The van der Waals surface area contributed by atoms with Crippen LogP contribution in [0.1, 0.15) is 11.1 Å². The van der Waals surface area contributed by atoms with Gasteiger partial charge >= 0.3 is 0 Å². The van der Waals surface area contributed by atoms with Crippen LogP contribution < -0.4 is 5.32 Å². The molecule has 0 radical (unpaired) electrons. The topological polar surface area (TPSA) is 52.9 Å². The zero-order valence-electron chi connectivity index (χ0n) is 8.74. The minimum atomic E-state index is -0.363. The van der Waals surface area contributed by atoms with Crippen LogP contribution in [0, 0.1) is 18.3 Å². The summed E-state index contributed by atoms with van der Waals surface area (Å²) < 4.78 is 0. The summed E-state index contributed by atoms with van der Waals surface area (Å²) in [6.07, 6.45) is 1.57. The van der Waals surface area contributed by atoms with Crippen molar-refractivity contribution in [1.82, 2.24) is 5.32 Å². The van der Waals surface area contributed by atoms with Gasteiger partial charge in [0.2, 0.25) is 0 Å². The van der Waals surface area contributed by atoms with E-state index in [1.807, 2.05) is 37.3 Å². The molecule has 0 unspecified atom stereocenters. The molecule has 1 aromatic carbocycles. The summed E-state index contributed by atoms with van der Waals surface area (Å²) >= 11 is 0. The molecule has 0 fully saturated rings. The van der Waals surface area contributed by atoms with E-state index in [1.54, 1.807) is 6.08 Å². The second-order valence-corrected chi connectivity index (χ2v) is 3.16. The van der Waals surface area contributed by atoms with Crippen molar-refractivity contribution in [2.24, 2.45) is 0 Å². The van der Waals surface area contributed by atoms with E-state index in [0.717, 1.165) is 11.1 Å². The normalized spacial score (nSPS) is 10.6. The Hall–Kier alpha value is -2.08. The van der Waals surface area contributed by atoms with Gasteiger partial charge in [0.1, 0.15) is 11.6 Å². The Morgan fingerprint density at radius 2 is 2.00 bits per heavy atom. The van der Waals surface area contributed by atoms with Gasteiger partial charge in [-0.2, -0.15) is 5.26 Å². The first-order valence-electron chi connectivity index (χ1n) is 4.58. The minimum Gasteiger partial charge on any atom is -0.354 e. The summed E-state index contributed by atoms with van der Waals surface area (Å²) in [5.74, 6) is -0.363. The lowest BCUT2D eigenvalue weighted by Crippen LogP contribution is -2.19. The Kier molecular flexibility index (Phi) is 3.64. The van der Waals surface area contributed by atoms with Crippen molar-refractivity contribution in [3.63, 3.8) is 0 Å². The molecule has 1 rings (SSSR count). The molecule has 15 heavy (non-hydrogen) atoms. The molecule has 0 heterocycles. The Morgan fingerprint density at radius 1 is 1.40 bits per heavy atom. The Balaban J connectivity index is 3.00. The van der Waals surface area contributed by atoms with E-state index < -0.39 is 0 Å². The number of benzene rings is 1. The van der Waals surface area contributed by atoms with Gasteiger partial charge in [0.15, 0.2) is 0 Å². The molecule has 0 saturated heterocycles. The van der Waals surface area contributed by atoms with Crippen molar-refractivity contribution >= 4 is 12.0 Å². The molecule has 76 valence electrons. The van der Waals surface area contributed by atoms with Crippen LogP contribution in [0.3, 0.4) is 0 Å². The first-order valence-corrected chi connectivity index (χ1v) is 4.58. The van der Waals surface area contributed by atoms with Gasteiger partial charge in [-0.1, -0.05) is 29.8 Å². The quantitative estimate of drug-likeness (QED) is 0.583. The largest absolute Gasteiger partial charge is 0.354 e. The maximum Gasteiger partial charge on any atom is 0.261 e. The molecule has 3 heteroatoms. The maximum atomic E-state index is 11.2. The molecule has 0 spiro atoms. The number of nitrogens with one attached hydrogen (secondary N) is 1. The van der Waals surface area contributed by atoms with E-state index in [1.165, 1.54) is 7.05 Å². The fourth-order valence-electron chi connectivity index (χ4n) is 1.11. The Bertz CT molecular complexity index is 424. The van der Waals surface area contributed by atoms with Crippen LogP contribution in [-0.4, -0.2) is 13.0 Å². The molecule has 0 bridgehead atoms. The Labute approximate surface area is 89.0 Å². The summed E-state index contributed by atoms with van der Waals surface area (Å²) in [6.45, 7) is 1.98. The van der Waals surface area contributed by atoms with Crippen molar-refractivity contribution in [3.05, 3.63) is 41.0 Å². The highest BCUT2D eigenvalue weighted by atomic mass is 16.1. The van der Waals surface area contributed by atoms with E-state index in [-0.39, 0.29) is 11.5 Å². The first kappa shape index (κ1) is 11.0. The Morgan fingerprint density at radius 3 is 2.47 bits per heavy atom. The predicted octanol–water partition coefficient (Wildman–Crippen LogP) is 1.65. The molecule has 3 nitrogen and oxygen atoms in total. The molecule has 0 aliphatic heterocycles. The van der Waals surface area contributed by atoms with Gasteiger partial charge in [0.25, 0.3) is 5.91 Å². The van der Waals surface area contributed by atoms with Crippen LogP contribution in [0.15, 0.2) is 29.8 Å². The number of hydrogen-bond acceptors (Lipinski definition) is 2. The highest BCUT2D eigenvalue weighted by Crippen LogP contribution is 2.08. The van der Waals surface area contributed by atoms with Crippen molar-refractivity contribution < 1.29 is 4.79 Å². The number of carbonyl (C=O) groups is 1. The lowest BCUT2D eigenvalue weighted by molar-refractivity contribution is -0.116. The molecular weight excluding hydrogens is 188 g/mol. The van der Waals surface area contributed by atoms with Crippen molar-refractivity contribution in [2.45, 2.75) is 6.92 Å². The third-order valence-corrected chi connectivity index (χ3v) is 1.98. The average Bonchev–Trinajstić information content (AvgIpc) is 2.27. The van der Waals surface area contributed by atoms with Crippen molar-refractivity contribution in [1.29, 1.82) is 5.26 Å². The van der Waals surface area contributed by atoms with E-state index in [2.05, 4.69) is 5.32 Å². The minimum absolute atomic E-state index is 0.112. The highest BCUT2D eigenvalue weighted by Gasteiger charge is 2.05. The predicted molar refractivity (Wildman–Crippen MR) is 58.8 cm³/mol. The zero-order valence-corrected chi connectivity index (χ0v) is 8.74. The molecule has 0 aliphatic carbocycles. The van der Waals surface area contributed by atoms with E-state index in [0.29, 0.717) is 0 Å². The van der Waals surface area contributed by atoms with E-state index in [9.17, 15) is 4.79 Å². The lowest BCUT2D eigenvalue weighted by atomic mass is 10.1. The molecule has 1 aromatic rings. The fourth-order valence-corrected chi connectivity index (χ4v) is 1.11. The van der Waals surface area contributed by atoms with Crippen LogP contribution in [0.4, 0.5) is 0 Å². The number of aryl methyl sites for hydroxylation is 1. The third-order valence-electron chi connectivity index (χ3n) is 1.98. The average molecular weight is 200 g/mol. The second-order valence-electron chi connectivity index (χ2n) is 3.16. The summed E-state index contributed by atoms with van der Waals surface area (Å²) in [5, 5.41) is 11.2. The van der Waals surface area contributed by atoms with Gasteiger partial charge in [-0.3, -0.25) is 4.79 Å². The van der Waals surface area contributed by atoms with Gasteiger partial charge in [-0.05, 0) is 18.6 Å². The number of rotatable bonds is 2. The van der Waals surface area contributed by atoms with Crippen LogP contribution in [0.5, 0.6) is 0 Å². The van der Waals surface area contributed by atoms with Crippen LogP contribution >= 0.6 is 0 Å². The molecule has 0 atom stereocenters. The number of hydrogen-bond donors (Lipinski definition) is 1. The molecular formula is C12H12N2O. The van der Waals surface area contributed by atoms with Gasteiger partial charge in [-0.15, -0.1) is 0 Å². The monoisotopic (exact) mass is 200 g/mol. The highest BCUT2D eigenvalue weighted by molar-refractivity contribution is 6.01.